The van der Waals surface area contributed by atoms with Gasteiger partial charge in [-0.05, 0) is 29.7 Å². The van der Waals surface area contributed by atoms with Gasteiger partial charge in [0.25, 0.3) is 5.91 Å². The number of nitrogens with zero attached hydrogens (tertiary/aromatic N) is 1. The van der Waals surface area contributed by atoms with Crippen LogP contribution in [0.4, 0.5) is 0 Å². The van der Waals surface area contributed by atoms with Crippen LogP contribution >= 0.6 is 12.2 Å². The first-order chi connectivity index (χ1) is 12.7. The maximum atomic E-state index is 12.0. The molecule has 4 nitrogen and oxygen atoms in total. The van der Waals surface area contributed by atoms with Crippen molar-refractivity contribution in [1.29, 1.82) is 0 Å². The fraction of sp³-hybridized carbons (Fsp3) is 0.333. The van der Waals surface area contributed by atoms with E-state index in [1.54, 1.807) is 0 Å². The highest BCUT2D eigenvalue weighted by Gasteiger charge is 2.13. The SMILES string of the molecule is O=C(NCCc1ccc(CC(=S)N2CCOCC2)cc1)c1ccccc1. The van der Waals surface area contributed by atoms with Crippen LogP contribution in [0.5, 0.6) is 0 Å². The average molecular weight is 369 g/mol. The maximum Gasteiger partial charge on any atom is 0.251 e. The number of amides is 1. The molecule has 0 spiro atoms. The molecule has 0 radical (unpaired) electrons. The Bertz CT molecular complexity index is 725. The molecule has 2 aromatic carbocycles. The molecule has 1 heterocycles. The Morgan fingerprint density at radius 1 is 1.00 bits per heavy atom. The van der Waals surface area contributed by atoms with Crippen molar-refractivity contribution < 1.29 is 9.53 Å². The first kappa shape index (κ1) is 18.5. The number of carbonyl (C=O) groups excluding carboxylic acids is 1. The largest absolute Gasteiger partial charge is 0.378 e. The zero-order chi connectivity index (χ0) is 18.2. The topological polar surface area (TPSA) is 41.6 Å². The van der Waals surface area contributed by atoms with E-state index in [-0.39, 0.29) is 5.91 Å². The van der Waals surface area contributed by atoms with Crippen molar-refractivity contribution in [2.24, 2.45) is 0 Å². The quantitative estimate of drug-likeness (QED) is 0.796. The standard InChI is InChI=1S/C21H24N2O2S/c24-21(19-4-2-1-3-5-19)22-11-10-17-6-8-18(9-7-17)16-20(26)23-12-14-25-15-13-23/h1-9H,10-16H2,(H,22,24). The number of ether oxygens (including phenoxy) is 1. The van der Waals surface area contributed by atoms with Crippen molar-refractivity contribution in [2.45, 2.75) is 12.8 Å². The number of rotatable bonds is 6. The number of benzene rings is 2. The molecule has 3 rings (SSSR count). The number of morpholine rings is 1. The van der Waals surface area contributed by atoms with Gasteiger partial charge in [0, 0.05) is 31.6 Å². The summed E-state index contributed by atoms with van der Waals surface area (Å²) in [5.74, 6) is -0.0296. The van der Waals surface area contributed by atoms with Crippen LogP contribution in [-0.2, 0) is 17.6 Å². The number of carbonyl (C=O) groups is 1. The molecule has 0 saturated carbocycles. The third kappa shape index (κ3) is 5.38. The van der Waals surface area contributed by atoms with Crippen molar-refractivity contribution >= 4 is 23.1 Å². The van der Waals surface area contributed by atoms with Crippen LogP contribution in [0.25, 0.3) is 0 Å². The summed E-state index contributed by atoms with van der Waals surface area (Å²) in [5, 5.41) is 2.96. The number of hydrogen-bond acceptors (Lipinski definition) is 3. The lowest BCUT2D eigenvalue weighted by atomic mass is 10.1. The van der Waals surface area contributed by atoms with Crippen molar-refractivity contribution in [3.05, 3.63) is 71.3 Å². The normalized spacial score (nSPS) is 14.1. The fourth-order valence-corrected chi connectivity index (χ4v) is 3.28. The summed E-state index contributed by atoms with van der Waals surface area (Å²) in [6.45, 7) is 3.91. The fourth-order valence-electron chi connectivity index (χ4n) is 2.93. The molecular weight excluding hydrogens is 344 g/mol. The van der Waals surface area contributed by atoms with Crippen LogP contribution in [0.1, 0.15) is 21.5 Å². The molecule has 1 aliphatic heterocycles. The van der Waals surface area contributed by atoms with E-state index in [2.05, 4.69) is 34.5 Å². The van der Waals surface area contributed by atoms with E-state index in [0.717, 1.165) is 44.1 Å². The van der Waals surface area contributed by atoms with E-state index in [0.29, 0.717) is 12.1 Å². The Labute approximate surface area is 160 Å². The van der Waals surface area contributed by atoms with E-state index in [1.807, 2.05) is 30.3 Å². The molecule has 1 aliphatic rings. The Balaban J connectivity index is 1.44. The summed E-state index contributed by atoms with van der Waals surface area (Å²) in [5.41, 5.74) is 3.12. The summed E-state index contributed by atoms with van der Waals surface area (Å²) in [6.07, 6.45) is 1.60. The minimum absolute atomic E-state index is 0.0296. The summed E-state index contributed by atoms with van der Waals surface area (Å²) in [6, 6.07) is 17.8. The van der Waals surface area contributed by atoms with E-state index < -0.39 is 0 Å². The lowest BCUT2D eigenvalue weighted by Gasteiger charge is -2.29. The third-order valence-electron chi connectivity index (χ3n) is 4.48. The van der Waals surface area contributed by atoms with Gasteiger partial charge < -0.3 is 15.0 Å². The highest BCUT2D eigenvalue weighted by Crippen LogP contribution is 2.10. The molecular formula is C21H24N2O2S. The smallest absolute Gasteiger partial charge is 0.251 e. The van der Waals surface area contributed by atoms with Crippen molar-refractivity contribution in [3.63, 3.8) is 0 Å². The van der Waals surface area contributed by atoms with E-state index in [4.69, 9.17) is 17.0 Å². The highest BCUT2D eigenvalue weighted by atomic mass is 32.1. The lowest BCUT2D eigenvalue weighted by Crippen LogP contribution is -2.40. The third-order valence-corrected chi connectivity index (χ3v) is 4.88. The van der Waals surface area contributed by atoms with Crippen LogP contribution in [0.15, 0.2) is 54.6 Å². The molecule has 1 saturated heterocycles. The summed E-state index contributed by atoms with van der Waals surface area (Å²) < 4.78 is 5.37. The summed E-state index contributed by atoms with van der Waals surface area (Å²) in [4.78, 5) is 15.2. The number of thiocarbonyl (C=S) groups is 1. The highest BCUT2D eigenvalue weighted by molar-refractivity contribution is 7.80. The second-order valence-electron chi connectivity index (χ2n) is 6.36. The summed E-state index contributed by atoms with van der Waals surface area (Å²) in [7, 11) is 0. The van der Waals surface area contributed by atoms with E-state index in [1.165, 1.54) is 11.1 Å². The Morgan fingerprint density at radius 3 is 2.35 bits per heavy atom. The molecule has 5 heteroatoms. The van der Waals surface area contributed by atoms with Gasteiger partial charge in [-0.25, -0.2) is 0 Å². The first-order valence-electron chi connectivity index (χ1n) is 8.99. The average Bonchev–Trinajstić information content (AvgIpc) is 2.70. The van der Waals surface area contributed by atoms with Gasteiger partial charge in [0.1, 0.15) is 0 Å². The van der Waals surface area contributed by atoms with Crippen LogP contribution in [-0.4, -0.2) is 48.6 Å². The van der Waals surface area contributed by atoms with Gasteiger partial charge in [0.2, 0.25) is 0 Å². The van der Waals surface area contributed by atoms with Crippen LogP contribution in [0, 0.1) is 0 Å². The lowest BCUT2D eigenvalue weighted by molar-refractivity contribution is 0.0684. The molecule has 0 aromatic heterocycles. The van der Waals surface area contributed by atoms with Crippen molar-refractivity contribution in [3.8, 4) is 0 Å². The molecule has 1 N–H and O–H groups in total. The Morgan fingerprint density at radius 2 is 1.65 bits per heavy atom. The van der Waals surface area contributed by atoms with Gasteiger partial charge in [0.05, 0.1) is 18.2 Å². The van der Waals surface area contributed by atoms with Gasteiger partial charge in [-0.1, -0.05) is 54.7 Å². The minimum atomic E-state index is -0.0296. The van der Waals surface area contributed by atoms with Gasteiger partial charge >= 0.3 is 0 Å². The van der Waals surface area contributed by atoms with Gasteiger partial charge in [-0.2, -0.15) is 0 Å². The van der Waals surface area contributed by atoms with E-state index >= 15 is 0 Å². The molecule has 0 unspecified atom stereocenters. The zero-order valence-corrected chi connectivity index (χ0v) is 15.6. The predicted octanol–water partition coefficient (Wildman–Crippen LogP) is 2.86. The number of hydrogen-bond donors (Lipinski definition) is 1. The van der Waals surface area contributed by atoms with Gasteiger partial charge in [0.15, 0.2) is 0 Å². The summed E-state index contributed by atoms with van der Waals surface area (Å²) >= 11 is 5.56. The molecule has 0 bridgehead atoms. The maximum absolute atomic E-state index is 12.0. The molecule has 1 amide bonds. The van der Waals surface area contributed by atoms with E-state index in [9.17, 15) is 4.79 Å². The molecule has 136 valence electrons. The van der Waals surface area contributed by atoms with Gasteiger partial charge in [-0.15, -0.1) is 0 Å². The zero-order valence-electron chi connectivity index (χ0n) is 14.8. The molecule has 26 heavy (non-hydrogen) atoms. The monoisotopic (exact) mass is 368 g/mol. The Kier molecular flexibility index (Phi) is 6.75. The second-order valence-corrected chi connectivity index (χ2v) is 6.83. The van der Waals surface area contributed by atoms with Crippen molar-refractivity contribution in [2.75, 3.05) is 32.8 Å². The van der Waals surface area contributed by atoms with Crippen LogP contribution < -0.4 is 5.32 Å². The molecule has 0 aliphatic carbocycles. The van der Waals surface area contributed by atoms with Crippen LogP contribution in [0.2, 0.25) is 0 Å². The first-order valence-corrected chi connectivity index (χ1v) is 9.40. The number of nitrogens with one attached hydrogen (secondary N) is 1. The van der Waals surface area contributed by atoms with Crippen LogP contribution in [0.3, 0.4) is 0 Å². The molecule has 1 fully saturated rings. The van der Waals surface area contributed by atoms with Crippen molar-refractivity contribution in [1.82, 2.24) is 10.2 Å². The second kappa shape index (κ2) is 9.46. The molecule has 0 atom stereocenters. The Hall–Kier alpha value is -2.24. The molecule has 2 aromatic rings. The minimum Gasteiger partial charge on any atom is -0.378 e. The predicted molar refractivity (Wildman–Crippen MR) is 108 cm³/mol. The van der Waals surface area contributed by atoms with Gasteiger partial charge in [-0.3, -0.25) is 4.79 Å².